The Bertz CT molecular complexity index is 1640. The Hall–Kier alpha value is -4.53. The number of anilines is 1. The van der Waals surface area contributed by atoms with Gasteiger partial charge in [-0.15, -0.1) is 5.10 Å². The second-order valence-electron chi connectivity index (χ2n) is 8.74. The molecule has 1 aliphatic rings. The fourth-order valence-electron chi connectivity index (χ4n) is 4.74. The van der Waals surface area contributed by atoms with Crippen LogP contribution in [0.2, 0.25) is 0 Å². The number of amides is 1. The minimum atomic E-state index is -0.420. The van der Waals surface area contributed by atoms with Gasteiger partial charge in [-0.3, -0.25) is 9.36 Å². The van der Waals surface area contributed by atoms with E-state index >= 15 is 0 Å². The van der Waals surface area contributed by atoms with Crippen molar-refractivity contribution >= 4 is 28.1 Å². The lowest BCUT2D eigenvalue weighted by molar-refractivity contribution is -0.132. The van der Waals surface area contributed by atoms with Crippen molar-refractivity contribution in [1.29, 1.82) is 0 Å². The molecule has 9 heteroatoms. The molecular formula is C27H23FN6O2. The normalized spacial score (nSPS) is 14.0. The molecule has 1 amide bonds. The molecule has 1 aliphatic heterocycles. The molecule has 3 heterocycles. The highest BCUT2D eigenvalue weighted by Gasteiger charge is 2.24. The highest BCUT2D eigenvalue weighted by Crippen LogP contribution is 2.22. The number of hydrogen-bond acceptors (Lipinski definition) is 5. The van der Waals surface area contributed by atoms with Gasteiger partial charge in [0.1, 0.15) is 12.4 Å². The summed E-state index contributed by atoms with van der Waals surface area (Å²) in [4.78, 5) is 35.0. The maximum absolute atomic E-state index is 14.2. The number of carbonyl (C=O) groups excluding carboxylic acids is 1. The molecule has 36 heavy (non-hydrogen) atoms. The summed E-state index contributed by atoms with van der Waals surface area (Å²) in [5.74, 6) is 0.00989. The van der Waals surface area contributed by atoms with Gasteiger partial charge in [0, 0.05) is 37.1 Å². The van der Waals surface area contributed by atoms with Crippen molar-refractivity contribution in [3.8, 4) is 11.4 Å². The molecule has 6 rings (SSSR count). The van der Waals surface area contributed by atoms with Gasteiger partial charge in [0.05, 0.1) is 11.2 Å². The summed E-state index contributed by atoms with van der Waals surface area (Å²) in [6, 6.07) is 23.5. The summed E-state index contributed by atoms with van der Waals surface area (Å²) in [6.07, 6.45) is 0. The van der Waals surface area contributed by atoms with Crippen molar-refractivity contribution < 1.29 is 9.18 Å². The zero-order chi connectivity index (χ0) is 24.6. The number of piperazine rings is 1. The predicted octanol–water partition coefficient (Wildman–Crippen LogP) is 3.20. The van der Waals surface area contributed by atoms with Crippen molar-refractivity contribution in [2.75, 3.05) is 31.1 Å². The largest absolute Gasteiger partial charge is 0.366 e. The topological polar surface area (TPSA) is 75.7 Å². The molecule has 180 valence electrons. The Morgan fingerprint density at radius 3 is 2.33 bits per heavy atom. The SMILES string of the molecule is O=C(Cn1c(=O)n2nc(-c3ccccc3)nc2c2ccccc21)N1CCN(c2ccccc2F)CC1. The van der Waals surface area contributed by atoms with Crippen molar-refractivity contribution in [2.24, 2.45) is 0 Å². The Balaban J connectivity index is 1.30. The number of benzene rings is 3. The highest BCUT2D eigenvalue weighted by molar-refractivity contribution is 5.92. The molecule has 0 unspecified atom stereocenters. The Morgan fingerprint density at radius 2 is 1.56 bits per heavy atom. The first-order chi connectivity index (χ1) is 17.6. The Kier molecular flexibility index (Phi) is 5.44. The second-order valence-corrected chi connectivity index (χ2v) is 8.74. The van der Waals surface area contributed by atoms with Gasteiger partial charge < -0.3 is 9.80 Å². The summed E-state index contributed by atoms with van der Waals surface area (Å²) in [5.41, 5.74) is 2.01. The van der Waals surface area contributed by atoms with Crippen LogP contribution in [0.5, 0.6) is 0 Å². The summed E-state index contributed by atoms with van der Waals surface area (Å²) < 4.78 is 16.9. The lowest BCUT2D eigenvalue weighted by Crippen LogP contribution is -2.50. The molecule has 0 N–H and O–H groups in total. The maximum Gasteiger partial charge on any atom is 0.351 e. The first kappa shape index (κ1) is 22.0. The van der Waals surface area contributed by atoms with Gasteiger partial charge in [0.15, 0.2) is 11.5 Å². The molecule has 1 fully saturated rings. The summed E-state index contributed by atoms with van der Waals surface area (Å²) >= 11 is 0. The Labute approximate surface area is 205 Å². The molecule has 5 aromatic rings. The van der Waals surface area contributed by atoms with Crippen LogP contribution < -0.4 is 10.6 Å². The van der Waals surface area contributed by atoms with E-state index in [1.807, 2.05) is 59.5 Å². The van der Waals surface area contributed by atoms with E-state index in [0.29, 0.717) is 48.9 Å². The van der Waals surface area contributed by atoms with Gasteiger partial charge in [0.25, 0.3) is 0 Å². The van der Waals surface area contributed by atoms with Gasteiger partial charge in [-0.05, 0) is 24.3 Å². The number of para-hydroxylation sites is 2. The van der Waals surface area contributed by atoms with E-state index < -0.39 is 5.69 Å². The van der Waals surface area contributed by atoms with Gasteiger partial charge in [-0.2, -0.15) is 4.52 Å². The van der Waals surface area contributed by atoms with Crippen LogP contribution in [0.25, 0.3) is 27.9 Å². The van der Waals surface area contributed by atoms with Crippen LogP contribution in [-0.2, 0) is 11.3 Å². The van der Waals surface area contributed by atoms with E-state index in [-0.39, 0.29) is 18.3 Å². The Morgan fingerprint density at radius 1 is 0.861 bits per heavy atom. The van der Waals surface area contributed by atoms with Crippen LogP contribution in [0.15, 0.2) is 83.7 Å². The lowest BCUT2D eigenvalue weighted by atomic mass is 10.2. The fraction of sp³-hybridized carbons (Fsp3) is 0.185. The number of hydrogen-bond donors (Lipinski definition) is 0. The first-order valence-corrected chi connectivity index (χ1v) is 11.8. The lowest BCUT2D eigenvalue weighted by Gasteiger charge is -2.36. The molecule has 3 aromatic carbocycles. The zero-order valence-corrected chi connectivity index (χ0v) is 19.4. The minimum absolute atomic E-state index is 0.116. The maximum atomic E-state index is 14.2. The third-order valence-electron chi connectivity index (χ3n) is 6.61. The molecule has 0 atom stereocenters. The zero-order valence-electron chi connectivity index (χ0n) is 19.4. The predicted molar refractivity (Wildman–Crippen MR) is 135 cm³/mol. The van der Waals surface area contributed by atoms with Crippen LogP contribution in [-0.4, -0.2) is 56.2 Å². The molecular weight excluding hydrogens is 459 g/mol. The van der Waals surface area contributed by atoms with Crippen LogP contribution in [0.4, 0.5) is 10.1 Å². The van der Waals surface area contributed by atoms with Crippen molar-refractivity contribution in [3.63, 3.8) is 0 Å². The molecule has 0 saturated carbocycles. The highest BCUT2D eigenvalue weighted by atomic mass is 19.1. The molecule has 0 aliphatic carbocycles. The number of rotatable bonds is 4. The van der Waals surface area contributed by atoms with Gasteiger partial charge in [-0.25, -0.2) is 14.2 Å². The average Bonchev–Trinajstić information content (AvgIpc) is 3.38. The van der Waals surface area contributed by atoms with Crippen LogP contribution in [0.1, 0.15) is 0 Å². The molecule has 8 nitrogen and oxygen atoms in total. The van der Waals surface area contributed by atoms with Crippen LogP contribution in [0, 0.1) is 5.82 Å². The van der Waals surface area contributed by atoms with Crippen LogP contribution in [0.3, 0.4) is 0 Å². The number of halogens is 1. The number of nitrogens with zero attached hydrogens (tertiary/aromatic N) is 6. The van der Waals surface area contributed by atoms with Gasteiger partial charge in [0.2, 0.25) is 5.91 Å². The summed E-state index contributed by atoms with van der Waals surface area (Å²) in [5, 5.41) is 5.21. The molecule has 1 saturated heterocycles. The quantitative estimate of drug-likeness (QED) is 0.393. The standard InChI is InChI=1S/C27H23FN6O2/c28-21-11-5-7-13-23(21)31-14-16-32(17-15-31)24(35)18-33-22-12-6-4-10-20(22)26-29-25(30-34(26)27(33)36)19-8-2-1-3-9-19/h1-13H,14-18H2. The van der Waals surface area contributed by atoms with Crippen molar-refractivity contribution in [1.82, 2.24) is 24.1 Å². The summed E-state index contributed by atoms with van der Waals surface area (Å²) in [7, 11) is 0. The first-order valence-electron chi connectivity index (χ1n) is 11.8. The van der Waals surface area contributed by atoms with E-state index in [1.54, 1.807) is 23.1 Å². The average molecular weight is 483 g/mol. The van der Waals surface area contributed by atoms with E-state index in [4.69, 9.17) is 0 Å². The molecule has 0 radical (unpaired) electrons. The van der Waals surface area contributed by atoms with E-state index in [9.17, 15) is 14.0 Å². The number of aromatic nitrogens is 4. The number of fused-ring (bicyclic) bond motifs is 3. The molecule has 2 aromatic heterocycles. The third-order valence-corrected chi connectivity index (χ3v) is 6.61. The van der Waals surface area contributed by atoms with E-state index in [0.717, 1.165) is 10.9 Å². The fourth-order valence-corrected chi connectivity index (χ4v) is 4.74. The third kappa shape index (κ3) is 3.78. The van der Waals surface area contributed by atoms with Crippen molar-refractivity contribution in [3.05, 3.63) is 95.2 Å². The smallest absolute Gasteiger partial charge is 0.351 e. The van der Waals surface area contributed by atoms with Crippen LogP contribution >= 0.6 is 0 Å². The summed E-state index contributed by atoms with van der Waals surface area (Å²) in [6.45, 7) is 1.82. The monoisotopic (exact) mass is 482 g/mol. The van der Waals surface area contributed by atoms with Crippen molar-refractivity contribution in [2.45, 2.75) is 6.54 Å². The molecule has 0 spiro atoms. The van der Waals surface area contributed by atoms with Gasteiger partial charge in [-0.1, -0.05) is 54.6 Å². The minimum Gasteiger partial charge on any atom is -0.366 e. The number of carbonyl (C=O) groups is 1. The van der Waals surface area contributed by atoms with Gasteiger partial charge >= 0.3 is 5.69 Å². The van der Waals surface area contributed by atoms with E-state index in [2.05, 4.69) is 10.1 Å². The van der Waals surface area contributed by atoms with E-state index in [1.165, 1.54) is 15.1 Å². The molecule has 0 bridgehead atoms. The second kappa shape index (κ2) is 8.92.